The number of amides is 1. The molecule has 1 heterocycles. The van der Waals surface area contributed by atoms with Crippen LogP contribution < -0.4 is 5.32 Å². The molecule has 0 saturated carbocycles. The van der Waals surface area contributed by atoms with Gasteiger partial charge in [0.25, 0.3) is 0 Å². The van der Waals surface area contributed by atoms with E-state index in [9.17, 15) is 9.90 Å². The van der Waals surface area contributed by atoms with Crippen LogP contribution in [-0.2, 0) is 9.53 Å². The number of aliphatic hydroxyl groups is 1. The zero-order valence-corrected chi connectivity index (χ0v) is 11.0. The van der Waals surface area contributed by atoms with E-state index in [-0.39, 0.29) is 18.4 Å². The van der Waals surface area contributed by atoms with E-state index in [1.54, 1.807) is 7.11 Å². The zero-order valence-electron chi connectivity index (χ0n) is 11.0. The van der Waals surface area contributed by atoms with Crippen molar-refractivity contribution in [3.8, 4) is 0 Å². The summed E-state index contributed by atoms with van der Waals surface area (Å²) in [4.78, 5) is 11.8. The topological polar surface area (TPSA) is 58.6 Å². The van der Waals surface area contributed by atoms with Crippen LogP contribution in [0.4, 0.5) is 5.69 Å². The molecule has 2 unspecified atom stereocenters. The summed E-state index contributed by atoms with van der Waals surface area (Å²) in [5.41, 5.74) is 3.69. The summed E-state index contributed by atoms with van der Waals surface area (Å²) in [6.07, 6.45) is 0.120. The van der Waals surface area contributed by atoms with E-state index in [0.717, 1.165) is 28.8 Å². The molecule has 0 radical (unpaired) electrons. The standard InChI is InChI=1S/C14H19NO3/c1-4-10-11-6-9(12(16)7-18-3)5-8(2)13(11)15-14(10)17/h5-6,10,12,16H,4,7H2,1-3H3,(H,15,17). The molecule has 98 valence electrons. The SMILES string of the molecule is CCC1C(=O)Nc2c(C)cc(C(O)COC)cc21. The number of aryl methyl sites for hydroxylation is 1. The number of nitrogens with one attached hydrogen (secondary N) is 1. The zero-order chi connectivity index (χ0) is 13.3. The molecule has 0 fully saturated rings. The quantitative estimate of drug-likeness (QED) is 0.859. The number of rotatable bonds is 4. The summed E-state index contributed by atoms with van der Waals surface area (Å²) >= 11 is 0. The largest absolute Gasteiger partial charge is 0.386 e. The highest BCUT2D eigenvalue weighted by Crippen LogP contribution is 2.38. The van der Waals surface area contributed by atoms with Crippen molar-refractivity contribution in [1.29, 1.82) is 0 Å². The van der Waals surface area contributed by atoms with Crippen molar-refractivity contribution in [2.75, 3.05) is 19.0 Å². The highest BCUT2D eigenvalue weighted by atomic mass is 16.5. The third-order valence-corrected chi connectivity index (χ3v) is 3.45. The van der Waals surface area contributed by atoms with Crippen LogP contribution in [0.5, 0.6) is 0 Å². The summed E-state index contributed by atoms with van der Waals surface area (Å²) in [7, 11) is 1.56. The number of hydrogen-bond donors (Lipinski definition) is 2. The lowest BCUT2D eigenvalue weighted by atomic mass is 9.93. The smallest absolute Gasteiger partial charge is 0.232 e. The number of carbonyl (C=O) groups excluding carboxylic acids is 1. The van der Waals surface area contributed by atoms with Crippen molar-refractivity contribution < 1.29 is 14.6 Å². The van der Waals surface area contributed by atoms with E-state index < -0.39 is 6.10 Å². The molecule has 0 spiro atoms. The van der Waals surface area contributed by atoms with Gasteiger partial charge < -0.3 is 15.2 Å². The molecule has 1 aromatic rings. The van der Waals surface area contributed by atoms with E-state index in [1.807, 2.05) is 26.0 Å². The molecule has 1 aromatic carbocycles. The van der Waals surface area contributed by atoms with Crippen LogP contribution in [0.3, 0.4) is 0 Å². The Labute approximate surface area is 107 Å². The van der Waals surface area contributed by atoms with Crippen LogP contribution in [-0.4, -0.2) is 24.7 Å². The van der Waals surface area contributed by atoms with Gasteiger partial charge in [-0.2, -0.15) is 0 Å². The van der Waals surface area contributed by atoms with Crippen molar-refractivity contribution in [2.24, 2.45) is 0 Å². The van der Waals surface area contributed by atoms with Crippen molar-refractivity contribution in [2.45, 2.75) is 32.3 Å². The summed E-state index contributed by atoms with van der Waals surface area (Å²) in [5.74, 6) is -0.0534. The predicted molar refractivity (Wildman–Crippen MR) is 69.7 cm³/mol. The molecule has 2 rings (SSSR count). The molecule has 4 heteroatoms. The summed E-state index contributed by atoms with van der Waals surface area (Å²) in [6.45, 7) is 4.20. The van der Waals surface area contributed by atoms with Crippen LogP contribution >= 0.6 is 0 Å². The molecule has 4 nitrogen and oxygen atoms in total. The van der Waals surface area contributed by atoms with Crippen molar-refractivity contribution in [1.82, 2.24) is 0 Å². The fourth-order valence-electron chi connectivity index (χ4n) is 2.49. The van der Waals surface area contributed by atoms with Gasteiger partial charge in [-0.05, 0) is 30.0 Å². The average Bonchev–Trinajstić information content (AvgIpc) is 2.65. The molecule has 2 atom stereocenters. The molecular formula is C14H19NO3. The van der Waals surface area contributed by atoms with Crippen molar-refractivity contribution in [3.05, 3.63) is 28.8 Å². The molecule has 0 aliphatic carbocycles. The van der Waals surface area contributed by atoms with Gasteiger partial charge in [-0.15, -0.1) is 0 Å². The molecule has 0 bridgehead atoms. The fourth-order valence-corrected chi connectivity index (χ4v) is 2.49. The number of fused-ring (bicyclic) bond motifs is 1. The third-order valence-electron chi connectivity index (χ3n) is 3.45. The number of ether oxygens (including phenoxy) is 1. The van der Waals surface area contributed by atoms with Gasteiger partial charge in [0.2, 0.25) is 5.91 Å². The van der Waals surface area contributed by atoms with Crippen LogP contribution in [0.1, 0.15) is 42.1 Å². The number of carbonyl (C=O) groups is 1. The van der Waals surface area contributed by atoms with Crippen LogP contribution in [0, 0.1) is 6.92 Å². The number of benzene rings is 1. The molecule has 0 aromatic heterocycles. The first-order chi connectivity index (χ1) is 8.58. The lowest BCUT2D eigenvalue weighted by Gasteiger charge is -2.14. The fraction of sp³-hybridized carbons (Fsp3) is 0.500. The van der Waals surface area contributed by atoms with E-state index in [0.29, 0.717) is 0 Å². The van der Waals surface area contributed by atoms with E-state index in [1.165, 1.54) is 0 Å². The molecule has 1 amide bonds. The minimum atomic E-state index is -0.646. The first kappa shape index (κ1) is 13.1. The van der Waals surface area contributed by atoms with Gasteiger partial charge in [0.1, 0.15) is 6.10 Å². The summed E-state index contributed by atoms with van der Waals surface area (Å²) < 4.78 is 4.96. The Kier molecular flexibility index (Phi) is 3.68. The monoisotopic (exact) mass is 249 g/mol. The van der Waals surface area contributed by atoms with Crippen molar-refractivity contribution in [3.63, 3.8) is 0 Å². The first-order valence-electron chi connectivity index (χ1n) is 6.20. The minimum absolute atomic E-state index is 0.0500. The molecule has 0 saturated heterocycles. The Hall–Kier alpha value is -1.39. The van der Waals surface area contributed by atoms with Crippen LogP contribution in [0.25, 0.3) is 0 Å². The second-order valence-corrected chi connectivity index (χ2v) is 4.72. The first-order valence-corrected chi connectivity index (χ1v) is 6.20. The third kappa shape index (κ3) is 2.13. The van der Waals surface area contributed by atoms with Gasteiger partial charge in [0.15, 0.2) is 0 Å². The second-order valence-electron chi connectivity index (χ2n) is 4.72. The summed E-state index contributed by atoms with van der Waals surface area (Å²) in [6, 6.07) is 3.82. The van der Waals surface area contributed by atoms with Gasteiger partial charge in [0.05, 0.1) is 12.5 Å². The molecule has 2 N–H and O–H groups in total. The number of anilines is 1. The van der Waals surface area contributed by atoms with Gasteiger partial charge in [-0.1, -0.05) is 19.1 Å². The highest BCUT2D eigenvalue weighted by Gasteiger charge is 2.31. The van der Waals surface area contributed by atoms with Gasteiger partial charge >= 0.3 is 0 Å². The van der Waals surface area contributed by atoms with Gasteiger partial charge in [-0.25, -0.2) is 0 Å². The van der Waals surface area contributed by atoms with Gasteiger partial charge in [0, 0.05) is 12.8 Å². The molecule has 1 aliphatic heterocycles. The Bertz CT molecular complexity index is 470. The molecular weight excluding hydrogens is 230 g/mol. The molecule has 1 aliphatic rings. The lowest BCUT2D eigenvalue weighted by Crippen LogP contribution is -2.10. The van der Waals surface area contributed by atoms with Crippen molar-refractivity contribution >= 4 is 11.6 Å². The second kappa shape index (κ2) is 5.08. The Morgan fingerprint density at radius 1 is 1.50 bits per heavy atom. The van der Waals surface area contributed by atoms with E-state index in [4.69, 9.17) is 4.74 Å². The molecule has 18 heavy (non-hydrogen) atoms. The van der Waals surface area contributed by atoms with Crippen LogP contribution in [0.15, 0.2) is 12.1 Å². The maximum Gasteiger partial charge on any atom is 0.232 e. The minimum Gasteiger partial charge on any atom is -0.386 e. The number of aliphatic hydroxyl groups excluding tert-OH is 1. The predicted octanol–water partition coefficient (Wildman–Crippen LogP) is 2.12. The Morgan fingerprint density at radius 3 is 2.83 bits per heavy atom. The highest BCUT2D eigenvalue weighted by molar-refractivity contribution is 6.03. The van der Waals surface area contributed by atoms with E-state index >= 15 is 0 Å². The maximum absolute atomic E-state index is 11.8. The number of methoxy groups -OCH3 is 1. The van der Waals surface area contributed by atoms with E-state index in [2.05, 4.69) is 5.32 Å². The lowest BCUT2D eigenvalue weighted by molar-refractivity contribution is -0.117. The Morgan fingerprint density at radius 2 is 2.22 bits per heavy atom. The maximum atomic E-state index is 11.8. The van der Waals surface area contributed by atoms with Crippen LogP contribution in [0.2, 0.25) is 0 Å². The average molecular weight is 249 g/mol. The summed E-state index contributed by atoms with van der Waals surface area (Å²) in [5, 5.41) is 12.9. The number of hydrogen-bond acceptors (Lipinski definition) is 3. The van der Waals surface area contributed by atoms with Gasteiger partial charge in [-0.3, -0.25) is 4.79 Å². The Balaban J connectivity index is 2.42. The normalized spacial score (nSPS) is 19.6.